The van der Waals surface area contributed by atoms with E-state index < -0.39 is 40.5 Å². The lowest BCUT2D eigenvalue weighted by molar-refractivity contribution is -0.387. The third kappa shape index (κ3) is 5.74. The summed E-state index contributed by atoms with van der Waals surface area (Å²) in [5, 5.41) is 21.8. The lowest BCUT2D eigenvalue weighted by atomic mass is 10.2. The molecule has 2 atom stereocenters. The first kappa shape index (κ1) is 21.3. The van der Waals surface area contributed by atoms with Gasteiger partial charge in [-0.15, -0.1) is 0 Å². The number of esters is 1. The van der Waals surface area contributed by atoms with E-state index in [9.17, 15) is 24.1 Å². The molecule has 0 aliphatic rings. The van der Waals surface area contributed by atoms with Crippen molar-refractivity contribution in [1.82, 2.24) is 0 Å². The maximum atomic E-state index is 13.3. The number of hydrogen-bond acceptors (Lipinski definition) is 7. The Labute approximate surface area is 164 Å². The van der Waals surface area contributed by atoms with Gasteiger partial charge in [0, 0.05) is 11.8 Å². The monoisotopic (exact) mass is 401 g/mol. The Morgan fingerprint density at radius 3 is 2.41 bits per heavy atom. The van der Waals surface area contributed by atoms with Crippen LogP contribution in [0.5, 0.6) is 5.75 Å². The van der Waals surface area contributed by atoms with Gasteiger partial charge in [-0.1, -0.05) is 0 Å². The molecule has 150 valence electrons. The molecule has 0 aromatic heterocycles. The van der Waals surface area contributed by atoms with Crippen molar-refractivity contribution in [1.29, 1.82) is 5.26 Å². The molecule has 1 N–H and O–H groups in total. The van der Waals surface area contributed by atoms with E-state index in [-0.39, 0.29) is 5.69 Å². The zero-order valence-corrected chi connectivity index (χ0v) is 15.4. The highest BCUT2D eigenvalue weighted by molar-refractivity contribution is 5.95. The summed E-state index contributed by atoms with van der Waals surface area (Å²) < 4.78 is 23.8. The highest BCUT2D eigenvalue weighted by Crippen LogP contribution is 2.22. The summed E-state index contributed by atoms with van der Waals surface area (Å²) in [5.41, 5.74) is -0.385. The number of nitro groups is 1. The number of amides is 1. The highest BCUT2D eigenvalue weighted by atomic mass is 19.1. The van der Waals surface area contributed by atoms with Crippen LogP contribution in [0.25, 0.3) is 0 Å². The van der Waals surface area contributed by atoms with Gasteiger partial charge in [-0.25, -0.2) is 4.79 Å². The van der Waals surface area contributed by atoms with E-state index in [1.54, 1.807) is 0 Å². The summed E-state index contributed by atoms with van der Waals surface area (Å²) in [6.45, 7) is 2.73. The molecule has 2 aromatic carbocycles. The lowest BCUT2D eigenvalue weighted by Crippen LogP contribution is -2.35. The molecule has 0 unspecified atom stereocenters. The van der Waals surface area contributed by atoms with Gasteiger partial charge in [0.15, 0.2) is 12.2 Å². The fourth-order valence-corrected chi connectivity index (χ4v) is 2.16. The number of rotatable bonds is 7. The molecule has 0 radical (unpaired) electrons. The average Bonchev–Trinajstić information content (AvgIpc) is 2.69. The van der Waals surface area contributed by atoms with E-state index in [1.165, 1.54) is 38.1 Å². The standard InChI is InChI=1S/C19H16FN3O6/c1-11(18(24)22-14-5-8-16(20)17(9-14)23(26)27)29-19(25)12(2)28-15-6-3-13(10-21)4-7-15/h3-9,11-12H,1-2H3,(H,22,24)/t11-,12-/m1/s1. The van der Waals surface area contributed by atoms with Crippen molar-refractivity contribution in [3.63, 3.8) is 0 Å². The maximum absolute atomic E-state index is 13.3. The van der Waals surface area contributed by atoms with Crippen molar-refractivity contribution in [2.45, 2.75) is 26.1 Å². The van der Waals surface area contributed by atoms with E-state index in [4.69, 9.17) is 14.7 Å². The normalized spacial score (nSPS) is 12.2. The Morgan fingerprint density at radius 1 is 1.17 bits per heavy atom. The Balaban J connectivity index is 1.94. The van der Waals surface area contributed by atoms with E-state index >= 15 is 0 Å². The lowest BCUT2D eigenvalue weighted by Gasteiger charge is -2.17. The minimum absolute atomic E-state index is 0.0205. The summed E-state index contributed by atoms with van der Waals surface area (Å²) in [6.07, 6.45) is -2.27. The topological polar surface area (TPSA) is 132 Å². The van der Waals surface area contributed by atoms with Crippen LogP contribution in [0.4, 0.5) is 15.8 Å². The van der Waals surface area contributed by atoms with Gasteiger partial charge in [0.1, 0.15) is 5.75 Å². The predicted molar refractivity (Wildman–Crippen MR) is 98.5 cm³/mol. The van der Waals surface area contributed by atoms with Crippen LogP contribution >= 0.6 is 0 Å². The summed E-state index contributed by atoms with van der Waals surface area (Å²) in [4.78, 5) is 34.1. The Hall–Kier alpha value is -4.00. The van der Waals surface area contributed by atoms with Crippen LogP contribution < -0.4 is 10.1 Å². The molecule has 0 aliphatic carbocycles. The molecule has 0 saturated carbocycles. The van der Waals surface area contributed by atoms with Crippen LogP contribution in [0.1, 0.15) is 19.4 Å². The van der Waals surface area contributed by atoms with Crippen LogP contribution in [-0.2, 0) is 14.3 Å². The van der Waals surface area contributed by atoms with Crippen molar-refractivity contribution < 1.29 is 28.4 Å². The molecule has 9 nitrogen and oxygen atoms in total. The van der Waals surface area contributed by atoms with E-state index in [0.717, 1.165) is 18.2 Å². The van der Waals surface area contributed by atoms with Gasteiger partial charge in [0.2, 0.25) is 5.82 Å². The predicted octanol–water partition coefficient (Wildman–Crippen LogP) is 2.94. The number of benzene rings is 2. The number of nitro benzene ring substituents is 1. The fourth-order valence-electron chi connectivity index (χ4n) is 2.16. The molecule has 1 amide bonds. The zero-order chi connectivity index (χ0) is 21.6. The van der Waals surface area contributed by atoms with E-state index in [0.29, 0.717) is 11.3 Å². The number of nitriles is 1. The van der Waals surface area contributed by atoms with Crippen LogP contribution in [0, 0.1) is 27.3 Å². The van der Waals surface area contributed by atoms with Crippen molar-refractivity contribution >= 4 is 23.3 Å². The van der Waals surface area contributed by atoms with Gasteiger partial charge in [0.25, 0.3) is 5.91 Å². The largest absolute Gasteiger partial charge is 0.479 e. The number of carbonyl (C=O) groups is 2. The second-order valence-corrected chi connectivity index (χ2v) is 5.89. The number of anilines is 1. The first-order valence-corrected chi connectivity index (χ1v) is 8.33. The Bertz CT molecular complexity index is 971. The molecule has 0 spiro atoms. The van der Waals surface area contributed by atoms with Gasteiger partial charge in [-0.2, -0.15) is 9.65 Å². The van der Waals surface area contributed by atoms with Gasteiger partial charge in [0.05, 0.1) is 16.6 Å². The van der Waals surface area contributed by atoms with E-state index in [1.807, 2.05) is 6.07 Å². The van der Waals surface area contributed by atoms with Crippen molar-refractivity contribution in [2.24, 2.45) is 0 Å². The summed E-state index contributed by atoms with van der Waals surface area (Å²) in [6, 6.07) is 10.9. The Morgan fingerprint density at radius 2 is 1.83 bits per heavy atom. The number of carbonyl (C=O) groups excluding carboxylic acids is 2. The van der Waals surface area contributed by atoms with Gasteiger partial charge in [-0.05, 0) is 50.2 Å². The number of hydrogen-bond donors (Lipinski definition) is 1. The molecule has 29 heavy (non-hydrogen) atoms. The third-order valence-corrected chi connectivity index (χ3v) is 3.70. The van der Waals surface area contributed by atoms with Gasteiger partial charge >= 0.3 is 11.7 Å². The van der Waals surface area contributed by atoms with Gasteiger partial charge in [-0.3, -0.25) is 14.9 Å². The minimum Gasteiger partial charge on any atom is -0.479 e. The molecular weight excluding hydrogens is 385 g/mol. The molecule has 0 fully saturated rings. The molecule has 0 heterocycles. The SMILES string of the molecule is C[C@@H](OC(=O)[C@@H](C)Oc1ccc(C#N)cc1)C(=O)Nc1ccc(F)c([N+](=O)[O-])c1. The van der Waals surface area contributed by atoms with Crippen LogP contribution in [0.2, 0.25) is 0 Å². The van der Waals surface area contributed by atoms with Crippen LogP contribution in [0.15, 0.2) is 42.5 Å². The smallest absolute Gasteiger partial charge is 0.347 e. The molecular formula is C19H16FN3O6. The minimum atomic E-state index is -1.24. The molecule has 0 saturated heterocycles. The maximum Gasteiger partial charge on any atom is 0.347 e. The molecule has 0 aliphatic heterocycles. The number of halogens is 1. The average molecular weight is 401 g/mol. The van der Waals surface area contributed by atoms with Crippen molar-refractivity contribution in [2.75, 3.05) is 5.32 Å². The fraction of sp³-hybridized carbons (Fsp3) is 0.211. The Kier molecular flexibility index (Phi) is 6.81. The molecule has 0 bridgehead atoms. The molecule has 2 rings (SSSR count). The number of nitrogens with zero attached hydrogens (tertiary/aromatic N) is 2. The second kappa shape index (κ2) is 9.27. The van der Waals surface area contributed by atoms with E-state index in [2.05, 4.69) is 5.32 Å². The molecule has 10 heteroatoms. The van der Waals surface area contributed by atoms with Crippen molar-refractivity contribution in [3.8, 4) is 11.8 Å². The number of nitrogens with one attached hydrogen (secondary N) is 1. The number of ether oxygens (including phenoxy) is 2. The third-order valence-electron chi connectivity index (χ3n) is 3.70. The van der Waals surface area contributed by atoms with Crippen molar-refractivity contribution in [3.05, 3.63) is 64.0 Å². The quantitative estimate of drug-likeness (QED) is 0.428. The highest BCUT2D eigenvalue weighted by Gasteiger charge is 2.24. The van der Waals surface area contributed by atoms with Crippen LogP contribution in [-0.4, -0.2) is 29.0 Å². The first-order chi connectivity index (χ1) is 13.7. The van der Waals surface area contributed by atoms with Crippen LogP contribution in [0.3, 0.4) is 0 Å². The second-order valence-electron chi connectivity index (χ2n) is 5.89. The summed E-state index contributed by atoms with van der Waals surface area (Å²) in [7, 11) is 0. The molecule has 2 aromatic rings. The zero-order valence-electron chi connectivity index (χ0n) is 15.4. The van der Waals surface area contributed by atoms with Gasteiger partial charge < -0.3 is 14.8 Å². The summed E-state index contributed by atoms with van der Waals surface area (Å²) in [5.74, 6) is -2.28. The summed E-state index contributed by atoms with van der Waals surface area (Å²) >= 11 is 0. The first-order valence-electron chi connectivity index (χ1n) is 8.33.